The van der Waals surface area contributed by atoms with Crippen LogP contribution in [-0.2, 0) is 0 Å². The van der Waals surface area contributed by atoms with Gasteiger partial charge in [0, 0.05) is 559 Å². The molecule has 0 aromatic rings. The molecule has 0 aromatic heterocycles. The molecule has 79 heavy (non-hydrogen) atoms. The summed E-state index contributed by atoms with van der Waals surface area (Å²) in [6.45, 7) is 0. The van der Waals surface area contributed by atoms with Crippen molar-refractivity contribution in [2.24, 2.45) is 0 Å². The lowest BCUT2D eigenvalue weighted by Crippen LogP contribution is -2.99. The Labute approximate surface area is 553 Å². The largest absolute Gasteiger partial charge is 0 e. The minimum Gasteiger partial charge on any atom is 0 e. The Bertz CT molecular complexity index is 1200. The van der Waals surface area contributed by atoms with Gasteiger partial charge >= 0.3 is 0 Å². The van der Waals surface area contributed by atoms with E-state index in [0.29, 0.717) is 0 Å². The first-order valence-electron chi connectivity index (χ1n) is 26.0. The maximum atomic E-state index is 7.11. The third-order valence-corrected chi connectivity index (χ3v) is 16.7. The van der Waals surface area contributed by atoms with E-state index in [9.17, 15) is 0 Å². The summed E-state index contributed by atoms with van der Waals surface area (Å²) in [7, 11) is 275. The molecule has 0 atom stereocenters. The van der Waals surface area contributed by atoms with Crippen LogP contribution in [0.5, 0.6) is 0 Å². The maximum Gasteiger partial charge on any atom is 0 e. The van der Waals surface area contributed by atoms with Gasteiger partial charge in [0.1, 0.15) is 0 Å². The quantitative estimate of drug-likeness (QED) is 0.0543. The van der Waals surface area contributed by atoms with Crippen molar-refractivity contribution in [3.8, 4) is 0 Å². The van der Waals surface area contributed by atoms with Gasteiger partial charge in [-0.15, -0.1) is 0 Å². The van der Waals surface area contributed by atoms with E-state index in [-0.39, 0.29) is 0 Å². The van der Waals surface area contributed by atoms with Gasteiger partial charge in [0.2, 0.25) is 0 Å². The number of hydrogen-bond acceptors (Lipinski definition) is 0. The van der Waals surface area contributed by atoms with Crippen LogP contribution >= 0.6 is 0 Å². The highest BCUT2D eigenvalue weighted by Crippen LogP contribution is 2.28. The first-order chi connectivity index (χ1) is 36.0. The lowest BCUT2D eigenvalue weighted by Gasteiger charge is -2.61. The average molecular weight is 854 g/mol. The SMILES string of the molecule is [B][B]B([B])B(B([B])[B])B(B(B([B])[B])B([B])[B])B(B(B(B(B([B])[B])B([B])[B])B(B([B])[B])B([B])[B])B(B(B([B])[B])B([B])[B])B(B([B])[B])B([B])[B])B(B(B(B([B])[B])B([B])[B])B(B([B])[B])B([B])[B])B(B(B([B])[B])B([B])[B])B(B([B])[B])B([B])[B]. The monoisotopic (exact) mass is 870 g/mol. The minimum atomic E-state index is -1.88. The zero-order valence-corrected chi connectivity index (χ0v) is 45.6. The molecule has 0 nitrogen and oxygen atoms in total. The van der Waals surface area contributed by atoms with Crippen LogP contribution in [0.2, 0.25) is 0 Å². The fraction of sp³-hybridized carbons (Fsp3) is 0. The maximum absolute atomic E-state index is 7.11. The van der Waals surface area contributed by atoms with Gasteiger partial charge < -0.3 is 0 Å². The second kappa shape index (κ2) is 38.9. The summed E-state index contributed by atoms with van der Waals surface area (Å²) in [5.74, 6) is 0. The Hall–Kier alpha value is 5.13. The Balaban J connectivity index is 12.6. The molecule has 0 rings (SSSR count). The van der Waals surface area contributed by atoms with Crippen molar-refractivity contribution in [3.05, 3.63) is 0 Å². The lowest BCUT2D eigenvalue weighted by molar-refractivity contribution is 3.14. The van der Waals surface area contributed by atoms with Gasteiger partial charge in [0.05, 0.1) is 0 Å². The van der Waals surface area contributed by atoms with E-state index in [0.717, 1.165) is 7.06 Å². The summed E-state index contributed by atoms with van der Waals surface area (Å²) in [6, 6.07) is 0. The topological polar surface area (TPSA) is 0 Å². The van der Waals surface area contributed by atoms with Crippen LogP contribution in [0.4, 0.5) is 0 Å². The van der Waals surface area contributed by atoms with Crippen molar-refractivity contribution in [1.29, 1.82) is 0 Å². The van der Waals surface area contributed by atoms with E-state index < -0.39 is 243 Å². The number of hydrogen-bond donors (Lipinski definition) is 0. The van der Waals surface area contributed by atoms with Crippen molar-refractivity contribution in [2.45, 2.75) is 0 Å². The van der Waals surface area contributed by atoms with E-state index >= 15 is 0 Å². The summed E-state index contributed by atoms with van der Waals surface area (Å²) in [6.07, 6.45) is -62.8. The van der Waals surface area contributed by atoms with Crippen LogP contribution < -0.4 is 0 Å². The molecule has 0 aromatic carbocycles. The van der Waals surface area contributed by atoms with E-state index in [1.54, 1.807) is 0 Å². The Morgan fingerprint density at radius 1 is 0.114 bits per heavy atom. The molecule has 0 heterocycles. The summed E-state index contributed by atoms with van der Waals surface area (Å²) >= 11 is 0. The molecule has 0 saturated heterocycles. The Kier molecular flexibility index (Phi) is 41.4. The third-order valence-electron chi connectivity index (χ3n) is 16.7. The highest BCUT2D eigenvalue weighted by Gasteiger charge is 2.66. The average Bonchev–Trinajstić information content (AvgIpc) is 3.23. The molecule has 0 aliphatic carbocycles. The minimum absolute atomic E-state index is 1.04. The van der Waals surface area contributed by atoms with Crippen LogP contribution in [0.25, 0.3) is 0 Å². The first-order valence-corrected chi connectivity index (χ1v) is 26.0. The number of rotatable bonds is 38. The van der Waals surface area contributed by atoms with Gasteiger partial charge in [0.25, 0.3) is 0 Å². The summed E-state index contributed by atoms with van der Waals surface area (Å²) in [5, 5.41) is 0. The molecule has 0 spiro atoms. The lowest BCUT2D eigenvalue weighted by atomic mass is 8.20. The van der Waals surface area contributed by atoms with Gasteiger partial charge in [-0.25, -0.2) is 0 Å². The van der Waals surface area contributed by atoms with E-state index in [1.165, 1.54) is 0 Å². The van der Waals surface area contributed by atoms with Crippen LogP contribution in [0.3, 0.4) is 0 Å². The van der Waals surface area contributed by atoms with Crippen molar-refractivity contribution in [2.75, 3.05) is 0 Å². The van der Waals surface area contributed by atoms with E-state index in [2.05, 4.69) is 0 Å². The molecule has 81 radical (unpaired) electrons. The highest BCUT2D eigenvalue weighted by atomic mass is 13.5. The predicted molar refractivity (Wildman–Crippen MR) is 455 cm³/mol. The predicted octanol–water partition coefficient (Wildman–Crippen LogP) is -30.1. The van der Waals surface area contributed by atoms with Crippen molar-refractivity contribution in [1.82, 2.24) is 0 Å². The molecule has 0 aliphatic rings. The Morgan fingerprint density at radius 2 is 0.190 bits per heavy atom. The normalized spacial score (nSPS) is 9.77. The molecule has 0 amide bonds. The van der Waals surface area contributed by atoms with Gasteiger partial charge in [0.15, 0.2) is 0 Å². The fourth-order valence-electron chi connectivity index (χ4n) is 14.0. The van der Waals surface area contributed by atoms with Gasteiger partial charge in [-0.05, 0) is 0 Å². The molecular weight excluding hydrogens is 854 g/mol. The molecule has 0 N–H and O–H groups in total. The zero-order valence-electron chi connectivity index (χ0n) is 45.6. The van der Waals surface area contributed by atoms with Crippen LogP contribution in [0.15, 0.2) is 0 Å². The highest BCUT2D eigenvalue weighted by molar-refractivity contribution is 8.41. The zero-order chi connectivity index (χ0) is 62.6. The fourth-order valence-corrected chi connectivity index (χ4v) is 14.0. The smallest absolute Gasteiger partial charge is 0 e. The molecule has 0 unspecified atom stereocenters. The summed E-state index contributed by atoms with van der Waals surface area (Å²) in [4.78, 5) is 0. The molecule has 0 bridgehead atoms. The second-order valence-corrected chi connectivity index (χ2v) is 22.1. The second-order valence-electron chi connectivity index (χ2n) is 22.1. The van der Waals surface area contributed by atoms with Crippen molar-refractivity contribution in [3.63, 3.8) is 0 Å². The van der Waals surface area contributed by atoms with E-state index in [1.807, 2.05) is 0 Å². The third kappa shape index (κ3) is 22.7. The Morgan fingerprint density at radius 3 is 0.266 bits per heavy atom. The van der Waals surface area contributed by atoms with Crippen LogP contribution in [0, 0.1) is 0 Å². The van der Waals surface area contributed by atoms with Crippen LogP contribution in [0.1, 0.15) is 0 Å². The first kappa shape index (κ1) is 84.1. The molecule has 0 fully saturated rings. The van der Waals surface area contributed by atoms with Crippen LogP contribution in [-0.4, -0.2) is 559 Å². The summed E-state index contributed by atoms with van der Waals surface area (Å²) < 4.78 is 0. The molecule has 0 aliphatic heterocycles. The standard InChI is InChI=1S/B79/c1-41-61(40)71(60(38)39)76(70(58(34)35)59(36)37)79(77(72(62(42(2)3)43(4)5)63(44(6)7)45(8)9)73(64(46(10)11)47(12)13)65(48(14)15)49(16)17)78(74(66(50(18)19)51(20)21)67(52(22)23)53(24)25)75(68(54(26)27)55(28)29)69(56(30)31)57(32)33. The van der Waals surface area contributed by atoms with Gasteiger partial charge in [-0.3, -0.25) is 0 Å². The van der Waals surface area contributed by atoms with Crippen molar-refractivity contribution >= 4 is 559 Å². The van der Waals surface area contributed by atoms with Gasteiger partial charge in [-0.1, -0.05) is 0 Å². The molecular formula is B79. The summed E-state index contributed by atoms with van der Waals surface area (Å²) in [5.41, 5.74) is 0. The van der Waals surface area contributed by atoms with Gasteiger partial charge in [-0.2, -0.15) is 0 Å². The molecule has 0 saturated carbocycles. The molecule has 237 valence electrons. The van der Waals surface area contributed by atoms with E-state index in [4.69, 9.17) is 309 Å². The molecule has 79 heteroatoms. The van der Waals surface area contributed by atoms with Crippen molar-refractivity contribution < 1.29 is 0 Å².